The van der Waals surface area contributed by atoms with E-state index in [-0.39, 0.29) is 21.8 Å². The number of benzene rings is 1. The lowest BCUT2D eigenvalue weighted by Crippen LogP contribution is -2.68. The van der Waals surface area contributed by atoms with Gasteiger partial charge in [-0.1, -0.05) is 17.7 Å². The van der Waals surface area contributed by atoms with Crippen LogP contribution in [-0.4, -0.2) is 38.5 Å². The number of imidazole rings is 1. The summed E-state index contributed by atoms with van der Waals surface area (Å²) < 4.78 is 35.7. The number of aromatic nitrogens is 4. The summed E-state index contributed by atoms with van der Waals surface area (Å²) in [4.78, 5) is 21.6. The Labute approximate surface area is 204 Å². The lowest BCUT2D eigenvalue weighted by Gasteiger charge is -2.71. The van der Waals surface area contributed by atoms with Crippen molar-refractivity contribution in [3.8, 4) is 0 Å². The fraction of sp³-hybridized carbons (Fsp3) is 0.423. The Balaban J connectivity index is 1.34. The molecule has 0 atom stereocenters. The number of carbonyl (C=O) groups excluding carboxylic acids is 1. The Bertz CT molecular complexity index is 1590. The van der Waals surface area contributed by atoms with Gasteiger partial charge in [0.1, 0.15) is 11.1 Å². The fourth-order valence-electron chi connectivity index (χ4n) is 6.01. The zero-order chi connectivity index (χ0) is 24.8. The highest BCUT2D eigenvalue weighted by Gasteiger charge is 2.69. The van der Waals surface area contributed by atoms with Crippen LogP contribution < -0.4 is 0 Å². The van der Waals surface area contributed by atoms with Gasteiger partial charge in [0.25, 0.3) is 10.0 Å². The van der Waals surface area contributed by atoms with Gasteiger partial charge in [-0.25, -0.2) is 22.4 Å². The number of rotatable bonds is 5. The van der Waals surface area contributed by atoms with Crippen LogP contribution in [0.15, 0.2) is 53.9 Å². The quantitative estimate of drug-likeness (QED) is 0.380. The first-order valence-electron chi connectivity index (χ1n) is 11.8. The first-order chi connectivity index (χ1) is 16.4. The predicted octanol–water partition coefficient (Wildman–Crippen LogP) is 4.54. The largest absolute Gasteiger partial charge is 0.460 e. The summed E-state index contributed by atoms with van der Waals surface area (Å²) in [5, 5.41) is 0.751. The van der Waals surface area contributed by atoms with E-state index in [1.54, 1.807) is 42.7 Å². The average Bonchev–Trinajstić information content (AvgIpc) is 3.33. The Morgan fingerprint density at radius 1 is 1.09 bits per heavy atom. The highest BCUT2D eigenvalue weighted by molar-refractivity contribution is 7.90. The molecule has 3 heterocycles. The number of carbonyl (C=O) groups is 1. The van der Waals surface area contributed by atoms with Crippen LogP contribution in [0, 0.1) is 12.3 Å². The SMILES string of the molecule is Cc1ccc(S(=O)(=O)n2ccc3c4c(cnc32)ncn4C23CC(CC(=O)OC(C)(C)C)(C2)C3)cc1. The minimum atomic E-state index is -3.79. The Hall–Kier alpha value is -3.20. The van der Waals surface area contributed by atoms with Gasteiger partial charge in [0.2, 0.25) is 0 Å². The summed E-state index contributed by atoms with van der Waals surface area (Å²) in [5.74, 6) is -0.147. The fourth-order valence-corrected chi connectivity index (χ4v) is 7.31. The normalized spacial score (nSPS) is 23.8. The van der Waals surface area contributed by atoms with E-state index in [1.807, 2.05) is 34.0 Å². The van der Waals surface area contributed by atoms with Crippen LogP contribution in [0.25, 0.3) is 22.1 Å². The molecule has 3 saturated carbocycles. The molecule has 7 rings (SSSR count). The maximum atomic E-state index is 13.4. The molecule has 8 nitrogen and oxygen atoms in total. The van der Waals surface area contributed by atoms with E-state index in [0.29, 0.717) is 12.1 Å². The summed E-state index contributed by atoms with van der Waals surface area (Å²) in [6.07, 6.45) is 8.12. The first-order valence-corrected chi connectivity index (χ1v) is 13.2. The number of esters is 1. The average molecular weight is 493 g/mol. The van der Waals surface area contributed by atoms with E-state index in [9.17, 15) is 13.2 Å². The summed E-state index contributed by atoms with van der Waals surface area (Å²) in [6.45, 7) is 7.58. The highest BCUT2D eigenvalue weighted by atomic mass is 32.2. The van der Waals surface area contributed by atoms with Crippen LogP contribution in [0.5, 0.6) is 0 Å². The van der Waals surface area contributed by atoms with E-state index in [1.165, 1.54) is 3.97 Å². The molecule has 3 aliphatic carbocycles. The van der Waals surface area contributed by atoms with E-state index >= 15 is 0 Å². The zero-order valence-corrected chi connectivity index (χ0v) is 21.1. The number of ether oxygens (including phenoxy) is 1. The lowest BCUT2D eigenvalue weighted by atomic mass is 9.38. The van der Waals surface area contributed by atoms with Crippen LogP contribution in [0.4, 0.5) is 0 Å². The standard InChI is InChI=1S/C26H28N4O4S/c1-17-5-7-18(8-6-17)35(32,33)30-10-9-19-22-20(12-27-23(19)30)28-16-29(22)26-13-25(14-26,15-26)11-21(31)34-24(2,3)4/h5-10,12,16H,11,13-15H2,1-4H3. The number of pyridine rings is 1. The molecule has 0 spiro atoms. The van der Waals surface area contributed by atoms with Crippen LogP contribution in [-0.2, 0) is 25.1 Å². The molecule has 0 unspecified atom stereocenters. The van der Waals surface area contributed by atoms with Gasteiger partial charge in [-0.3, -0.25) is 4.79 Å². The third-order valence-electron chi connectivity index (χ3n) is 7.33. The maximum Gasteiger partial charge on any atom is 0.306 e. The first kappa shape index (κ1) is 22.3. The topological polar surface area (TPSA) is 96.1 Å². The molecular formula is C26H28N4O4S. The van der Waals surface area contributed by atoms with Crippen molar-refractivity contribution in [2.24, 2.45) is 5.41 Å². The maximum absolute atomic E-state index is 13.4. The van der Waals surface area contributed by atoms with Crippen molar-refractivity contribution in [3.05, 3.63) is 54.6 Å². The van der Waals surface area contributed by atoms with Crippen molar-refractivity contribution in [3.63, 3.8) is 0 Å². The number of fused-ring (bicyclic) bond motifs is 3. The van der Waals surface area contributed by atoms with Crippen molar-refractivity contribution < 1.29 is 17.9 Å². The summed E-state index contributed by atoms with van der Waals surface area (Å²) in [6, 6.07) is 8.61. The molecule has 1 aromatic carbocycles. The van der Waals surface area contributed by atoms with Gasteiger partial charge in [0.05, 0.1) is 29.4 Å². The van der Waals surface area contributed by atoms with Gasteiger partial charge in [0.15, 0.2) is 5.65 Å². The Morgan fingerprint density at radius 3 is 2.43 bits per heavy atom. The molecule has 35 heavy (non-hydrogen) atoms. The molecule has 0 amide bonds. The highest BCUT2D eigenvalue weighted by Crippen LogP contribution is 2.73. The van der Waals surface area contributed by atoms with Crippen molar-refractivity contribution in [2.45, 2.75) is 69.4 Å². The molecule has 0 radical (unpaired) electrons. The smallest absolute Gasteiger partial charge is 0.306 e. The monoisotopic (exact) mass is 492 g/mol. The number of hydrogen-bond acceptors (Lipinski definition) is 6. The van der Waals surface area contributed by atoms with E-state index in [4.69, 9.17) is 4.74 Å². The van der Waals surface area contributed by atoms with E-state index < -0.39 is 15.6 Å². The van der Waals surface area contributed by atoms with Gasteiger partial charge >= 0.3 is 5.97 Å². The van der Waals surface area contributed by atoms with Gasteiger partial charge in [-0.15, -0.1) is 0 Å². The molecule has 3 fully saturated rings. The van der Waals surface area contributed by atoms with Gasteiger partial charge in [0, 0.05) is 17.1 Å². The summed E-state index contributed by atoms with van der Waals surface area (Å²) in [7, 11) is -3.79. The summed E-state index contributed by atoms with van der Waals surface area (Å²) >= 11 is 0. The van der Waals surface area contributed by atoms with Crippen LogP contribution >= 0.6 is 0 Å². The van der Waals surface area contributed by atoms with Crippen molar-refractivity contribution in [1.29, 1.82) is 0 Å². The van der Waals surface area contributed by atoms with Crippen molar-refractivity contribution >= 4 is 38.1 Å². The molecule has 9 heteroatoms. The number of nitrogens with zero attached hydrogens (tertiary/aromatic N) is 4. The van der Waals surface area contributed by atoms with Gasteiger partial charge in [-0.05, 0) is 70.6 Å². The molecule has 182 valence electrons. The van der Waals surface area contributed by atoms with E-state index in [0.717, 1.165) is 41.2 Å². The minimum Gasteiger partial charge on any atom is -0.460 e. The molecule has 0 N–H and O–H groups in total. The third kappa shape index (κ3) is 3.31. The molecule has 3 aliphatic rings. The molecule has 0 aliphatic heterocycles. The van der Waals surface area contributed by atoms with Crippen molar-refractivity contribution in [1.82, 2.24) is 18.5 Å². The molecule has 3 aromatic heterocycles. The predicted molar refractivity (Wildman–Crippen MR) is 132 cm³/mol. The third-order valence-corrected chi connectivity index (χ3v) is 9.01. The van der Waals surface area contributed by atoms with Crippen LogP contribution in [0.3, 0.4) is 0 Å². The molecule has 0 saturated heterocycles. The summed E-state index contributed by atoms with van der Waals surface area (Å²) in [5.41, 5.74) is 2.41. The molecule has 2 bridgehead atoms. The second kappa shape index (κ2) is 6.94. The molecular weight excluding hydrogens is 464 g/mol. The molecule has 4 aromatic rings. The van der Waals surface area contributed by atoms with E-state index in [2.05, 4.69) is 14.5 Å². The Kier molecular flexibility index (Phi) is 4.41. The van der Waals surface area contributed by atoms with Crippen LogP contribution in [0.1, 0.15) is 52.0 Å². The second-order valence-corrected chi connectivity index (χ2v) is 13.1. The Morgan fingerprint density at radius 2 is 1.77 bits per heavy atom. The van der Waals surface area contributed by atoms with Gasteiger partial charge in [-0.2, -0.15) is 0 Å². The zero-order valence-electron chi connectivity index (χ0n) is 20.3. The number of aryl methyl sites for hydroxylation is 1. The van der Waals surface area contributed by atoms with Crippen molar-refractivity contribution in [2.75, 3.05) is 0 Å². The van der Waals surface area contributed by atoms with Crippen LogP contribution in [0.2, 0.25) is 0 Å². The lowest BCUT2D eigenvalue weighted by molar-refractivity contribution is -0.203. The van der Waals surface area contributed by atoms with Gasteiger partial charge < -0.3 is 9.30 Å². The number of hydrogen-bond donors (Lipinski definition) is 0. The second-order valence-electron chi connectivity index (χ2n) is 11.3. The minimum absolute atomic E-state index is 0.00815.